The lowest BCUT2D eigenvalue weighted by Gasteiger charge is -2.47. The summed E-state index contributed by atoms with van der Waals surface area (Å²) < 4.78 is 167. The van der Waals surface area contributed by atoms with Crippen molar-refractivity contribution in [3.8, 4) is 23.1 Å². The van der Waals surface area contributed by atoms with Gasteiger partial charge >= 0.3 is 31.1 Å². The maximum absolute atomic E-state index is 16.2. The summed E-state index contributed by atoms with van der Waals surface area (Å²) in [7, 11) is 1.58. The van der Waals surface area contributed by atoms with Crippen LogP contribution in [0.4, 0.5) is 59.4 Å². The first kappa shape index (κ1) is 62.8. The van der Waals surface area contributed by atoms with E-state index in [4.69, 9.17) is 9.47 Å². The van der Waals surface area contributed by atoms with E-state index in [2.05, 4.69) is 51.5 Å². The number of hydrogen-bond acceptors (Lipinski definition) is 15. The lowest BCUT2D eigenvalue weighted by molar-refractivity contribution is -0.221. The van der Waals surface area contributed by atoms with E-state index < -0.39 is 115 Å². The summed E-state index contributed by atoms with van der Waals surface area (Å²) in [5.41, 5.74) is -4.73. The molecular formula is C53H59F10N11O9. The highest BCUT2D eigenvalue weighted by Crippen LogP contribution is 2.42. The van der Waals surface area contributed by atoms with Crippen LogP contribution < -0.4 is 26.3 Å². The van der Waals surface area contributed by atoms with Gasteiger partial charge in [0.2, 0.25) is 11.9 Å². The van der Waals surface area contributed by atoms with Gasteiger partial charge in [-0.05, 0) is 82.9 Å². The zero-order valence-electron chi connectivity index (χ0n) is 45.4. The Hall–Kier alpha value is -7.78. The summed E-state index contributed by atoms with van der Waals surface area (Å²) in [6.45, 7) is -0.435. The second-order valence-corrected chi connectivity index (χ2v) is 21.0. The average molecular weight is 1180 g/mol. The minimum atomic E-state index is -5.26. The number of hydrogen-bond donors (Lipinski definition) is 4. The molecule has 3 saturated heterocycles. The highest BCUT2D eigenvalue weighted by atomic mass is 19.4. The molecule has 2 bridgehead atoms. The molecule has 2 aromatic carbocycles. The third-order valence-electron chi connectivity index (χ3n) is 14.9. The fourth-order valence-electron chi connectivity index (χ4n) is 9.75. The van der Waals surface area contributed by atoms with Crippen LogP contribution in [0.1, 0.15) is 69.3 Å². The smallest absolute Gasteiger partial charge is 0.407 e. The number of ether oxygens (including phenoxy) is 4. The van der Waals surface area contributed by atoms with Gasteiger partial charge in [0.05, 0.1) is 68.1 Å². The number of fused-ring (bicyclic) bond motifs is 2. The lowest BCUT2D eigenvalue weighted by atomic mass is 9.82. The van der Waals surface area contributed by atoms with E-state index in [0.717, 1.165) is 65.6 Å². The van der Waals surface area contributed by atoms with E-state index in [9.17, 15) is 59.1 Å². The number of halogens is 10. The van der Waals surface area contributed by atoms with Gasteiger partial charge in [-0.1, -0.05) is 24.0 Å². The number of piperazine rings is 1. The number of rotatable bonds is 21. The van der Waals surface area contributed by atoms with Crippen molar-refractivity contribution in [1.82, 2.24) is 51.0 Å². The van der Waals surface area contributed by atoms with Gasteiger partial charge in [-0.25, -0.2) is 38.0 Å². The molecule has 4 amide bonds. The Labute approximate surface area is 468 Å². The van der Waals surface area contributed by atoms with Crippen molar-refractivity contribution in [3.05, 3.63) is 94.9 Å². The van der Waals surface area contributed by atoms with Crippen LogP contribution in [0.2, 0.25) is 0 Å². The molecule has 4 aromatic rings. The summed E-state index contributed by atoms with van der Waals surface area (Å²) >= 11 is 0. The van der Waals surface area contributed by atoms with Crippen molar-refractivity contribution in [2.24, 2.45) is 10.8 Å². The molecule has 4 N–H and O–H groups in total. The highest BCUT2D eigenvalue weighted by Gasteiger charge is 2.57. The van der Waals surface area contributed by atoms with Crippen molar-refractivity contribution < 1.29 is 86.8 Å². The van der Waals surface area contributed by atoms with Crippen LogP contribution in [0.3, 0.4) is 0 Å². The van der Waals surface area contributed by atoms with Crippen LogP contribution in [0.5, 0.6) is 0 Å². The molecule has 0 spiro atoms. The SMILES string of the molecule is COC(=O)N[C@H](C(=O)N[C@@H](Cc1ccc(C#Cc2cnc(N3CC4CCC(C3)N4C3COC3)nc2)cc1)[C@H](CN(Cc1c(F)cc(-c2ccn(C(F)F)n2)cc1F)NC(=O)[C@@H](NC(=O)OC)C(C)(C)C(F)(F)F)OC=O)C(C)(C)C(F)(F)F. The summed E-state index contributed by atoms with van der Waals surface area (Å²) in [5, 5.41) is 10.1. The molecule has 3 aliphatic heterocycles. The van der Waals surface area contributed by atoms with Crippen molar-refractivity contribution in [3.63, 3.8) is 0 Å². The molecule has 5 heterocycles. The Morgan fingerprint density at radius 1 is 0.783 bits per heavy atom. The molecule has 0 aliphatic carbocycles. The normalized spacial score (nSPS) is 18.2. The third-order valence-corrected chi connectivity index (χ3v) is 14.9. The van der Waals surface area contributed by atoms with Crippen LogP contribution in [-0.2, 0) is 46.3 Å². The summed E-state index contributed by atoms with van der Waals surface area (Å²) in [6.07, 6.45) is -9.85. The van der Waals surface area contributed by atoms with Gasteiger partial charge in [0.1, 0.15) is 29.8 Å². The molecule has 2 unspecified atom stereocenters. The molecule has 20 nitrogen and oxygen atoms in total. The number of nitrogens with zero attached hydrogens (tertiary/aromatic N) is 7. The van der Waals surface area contributed by atoms with Gasteiger partial charge in [-0.2, -0.15) is 40.2 Å². The first-order valence-corrected chi connectivity index (χ1v) is 25.7. The Kier molecular flexibility index (Phi) is 19.5. The second kappa shape index (κ2) is 25.8. The first-order valence-electron chi connectivity index (χ1n) is 25.7. The average Bonchev–Trinajstić information content (AvgIpc) is 3.20. The maximum Gasteiger partial charge on any atom is 0.407 e. The van der Waals surface area contributed by atoms with Gasteiger partial charge in [0, 0.05) is 67.0 Å². The Morgan fingerprint density at radius 2 is 1.33 bits per heavy atom. The number of nitrogens with one attached hydrogen (secondary N) is 4. The molecular weight excluding hydrogens is 1120 g/mol. The number of amides is 4. The van der Waals surface area contributed by atoms with Crippen molar-refractivity contribution in [1.29, 1.82) is 0 Å². The van der Waals surface area contributed by atoms with E-state index in [1.165, 1.54) is 24.3 Å². The molecule has 0 saturated carbocycles. The largest absolute Gasteiger partial charge is 0.461 e. The molecule has 0 radical (unpaired) electrons. The molecule has 7 rings (SSSR count). The van der Waals surface area contributed by atoms with E-state index in [0.29, 0.717) is 80.0 Å². The highest BCUT2D eigenvalue weighted by molar-refractivity contribution is 5.87. The van der Waals surface area contributed by atoms with Crippen LogP contribution in [0.15, 0.2) is 61.1 Å². The molecule has 3 aliphatic rings. The van der Waals surface area contributed by atoms with E-state index in [-0.39, 0.29) is 28.0 Å². The third kappa shape index (κ3) is 14.7. The number of aromatic nitrogens is 4. The number of carbonyl (C=O) groups excluding carboxylic acids is 5. The summed E-state index contributed by atoms with van der Waals surface area (Å²) in [6, 6.07) is 2.55. The standard InChI is InChI=1S/C53H59F10N11O9/c1-50(2,52(58,59)60)42(67-48(78)80-5)44(76)66-40(17-30-10-7-29(8-11-30)9-12-31-20-64-47(65-21-31)71-22-33-13-14-34(23-71)74(33)35-26-82-27-35)41(83-28-75)25-72(70-45(77)43(68-49(79)81-6)51(3,4)53(61,62)63)24-36-37(54)18-32(19-38(36)55)39-15-16-73(69-39)46(56)57/h7-8,10-11,15-16,18-21,28,33-35,40-43,46H,13-14,17,22-27H2,1-6H3,(H,66,76)(H,67,78)(H,68,79)(H,70,77)/t33?,34?,40-,41-,42+,43+/m0/s1. The summed E-state index contributed by atoms with van der Waals surface area (Å²) in [4.78, 5) is 79.5. The Balaban J connectivity index is 1.22. The molecule has 6 atom stereocenters. The van der Waals surface area contributed by atoms with Gasteiger partial charge < -0.3 is 39.8 Å². The van der Waals surface area contributed by atoms with Crippen molar-refractivity contribution in [2.75, 3.05) is 52.0 Å². The molecule has 83 heavy (non-hydrogen) atoms. The number of methoxy groups -OCH3 is 2. The van der Waals surface area contributed by atoms with E-state index in [1.54, 1.807) is 17.7 Å². The Morgan fingerprint density at radius 3 is 1.81 bits per heavy atom. The molecule has 2 aromatic heterocycles. The minimum absolute atomic E-state index is 0.189. The monoisotopic (exact) mass is 1180 g/mol. The molecule has 30 heteroatoms. The number of benzene rings is 2. The zero-order chi connectivity index (χ0) is 60.8. The summed E-state index contributed by atoms with van der Waals surface area (Å²) in [5.74, 6) is 0.324. The van der Waals surface area contributed by atoms with E-state index in [1.807, 2.05) is 10.7 Å². The number of hydrazine groups is 1. The van der Waals surface area contributed by atoms with Crippen LogP contribution in [0.25, 0.3) is 11.3 Å². The Bertz CT molecular complexity index is 2990. The lowest BCUT2D eigenvalue weighted by Crippen LogP contribution is -2.64. The fourth-order valence-corrected chi connectivity index (χ4v) is 9.75. The van der Waals surface area contributed by atoms with Crippen molar-refractivity contribution in [2.45, 2.75) is 115 Å². The molecule has 3 fully saturated rings. The fraction of sp³-hybridized carbons (Fsp3) is 0.509. The number of alkyl halides is 8. The number of anilines is 1. The zero-order valence-corrected chi connectivity index (χ0v) is 45.4. The van der Waals surface area contributed by atoms with Crippen LogP contribution in [-0.4, -0.2) is 162 Å². The predicted molar refractivity (Wildman–Crippen MR) is 272 cm³/mol. The van der Waals surface area contributed by atoms with Crippen molar-refractivity contribution >= 4 is 36.4 Å². The van der Waals surface area contributed by atoms with E-state index >= 15 is 8.78 Å². The quantitative estimate of drug-likeness (QED) is 0.0240. The molecule has 450 valence electrons. The van der Waals surface area contributed by atoms with Gasteiger partial charge in [-0.15, -0.1) is 0 Å². The number of alkyl carbamates (subject to hydrolysis) is 2. The maximum atomic E-state index is 16.2. The van der Waals surface area contributed by atoms with Gasteiger partial charge in [-0.3, -0.25) is 24.7 Å². The first-order chi connectivity index (χ1) is 39.0. The predicted octanol–water partition coefficient (Wildman–Crippen LogP) is 6.19. The minimum Gasteiger partial charge on any atom is -0.461 e. The van der Waals surface area contributed by atoms with Crippen LogP contribution in [0, 0.1) is 34.3 Å². The van der Waals surface area contributed by atoms with Gasteiger partial charge in [0.25, 0.3) is 12.4 Å². The topological polar surface area (TPSA) is 224 Å². The number of carbonyl (C=O) groups is 5. The van der Waals surface area contributed by atoms with Crippen LogP contribution >= 0.6 is 0 Å². The van der Waals surface area contributed by atoms with Gasteiger partial charge in [0.15, 0.2) is 0 Å². The second-order valence-electron chi connectivity index (χ2n) is 21.0.